The number of nitrogens with one attached hydrogen (secondary N) is 1. The lowest BCUT2D eigenvalue weighted by molar-refractivity contribution is 0.414. The normalized spacial score (nSPS) is 12.3. The van der Waals surface area contributed by atoms with Crippen LogP contribution in [0.4, 0.5) is 0 Å². The Labute approximate surface area is 131 Å². The zero-order valence-electron chi connectivity index (χ0n) is 13.1. The molecule has 4 heteroatoms. The second-order valence-electron chi connectivity index (χ2n) is 5.18. The minimum atomic E-state index is 0.344. The third-order valence-electron chi connectivity index (χ3n) is 3.52. The van der Waals surface area contributed by atoms with Crippen LogP contribution in [0.2, 0.25) is 0 Å². The van der Waals surface area contributed by atoms with Gasteiger partial charge in [-0.1, -0.05) is 19.1 Å². The highest BCUT2D eigenvalue weighted by molar-refractivity contribution is 7.09. The predicted molar refractivity (Wildman–Crippen MR) is 89.2 cm³/mol. The molecule has 2 aromatic rings. The molecule has 3 nitrogen and oxygen atoms in total. The summed E-state index contributed by atoms with van der Waals surface area (Å²) < 4.78 is 5.20. The molecule has 0 aliphatic carbocycles. The van der Waals surface area contributed by atoms with E-state index in [-0.39, 0.29) is 0 Å². The van der Waals surface area contributed by atoms with Gasteiger partial charge in [-0.05, 0) is 50.4 Å². The maximum absolute atomic E-state index is 5.20. The number of hydrogen-bond donors (Lipinski definition) is 1. The third kappa shape index (κ3) is 4.83. The molecule has 1 N–H and O–H groups in total. The Balaban J connectivity index is 1.97. The summed E-state index contributed by atoms with van der Waals surface area (Å²) in [4.78, 5) is 4.64. The van der Waals surface area contributed by atoms with Gasteiger partial charge in [0.05, 0.1) is 23.9 Å². The Hall–Kier alpha value is -1.39. The molecule has 0 fully saturated rings. The molecule has 0 radical (unpaired) electrons. The van der Waals surface area contributed by atoms with E-state index in [4.69, 9.17) is 4.74 Å². The first-order valence-electron chi connectivity index (χ1n) is 7.51. The SMILES string of the molecule is CCCNC(CCc1ccc(OC)cc1)c1csc(C)n1. The van der Waals surface area contributed by atoms with Gasteiger partial charge in [0.1, 0.15) is 5.75 Å². The van der Waals surface area contributed by atoms with Crippen LogP contribution in [0, 0.1) is 6.92 Å². The van der Waals surface area contributed by atoms with Crippen molar-refractivity contribution in [3.8, 4) is 5.75 Å². The molecule has 0 aliphatic heterocycles. The highest BCUT2D eigenvalue weighted by Crippen LogP contribution is 2.22. The Bertz CT molecular complexity index is 536. The summed E-state index contributed by atoms with van der Waals surface area (Å²) in [5.41, 5.74) is 2.52. The van der Waals surface area contributed by atoms with Crippen molar-refractivity contribution >= 4 is 11.3 Å². The quantitative estimate of drug-likeness (QED) is 0.796. The van der Waals surface area contributed by atoms with Gasteiger partial charge in [-0.25, -0.2) is 4.98 Å². The van der Waals surface area contributed by atoms with E-state index in [9.17, 15) is 0 Å². The molecule has 1 heterocycles. The molecular weight excluding hydrogens is 280 g/mol. The molecule has 21 heavy (non-hydrogen) atoms. The van der Waals surface area contributed by atoms with Crippen molar-refractivity contribution in [1.29, 1.82) is 0 Å². The van der Waals surface area contributed by atoms with Crippen molar-refractivity contribution in [1.82, 2.24) is 10.3 Å². The minimum absolute atomic E-state index is 0.344. The molecule has 1 aromatic carbocycles. The van der Waals surface area contributed by atoms with Gasteiger partial charge in [0.25, 0.3) is 0 Å². The molecule has 1 aromatic heterocycles. The Kier molecular flexibility index (Phi) is 6.21. The van der Waals surface area contributed by atoms with Crippen LogP contribution in [0.25, 0.3) is 0 Å². The van der Waals surface area contributed by atoms with E-state index >= 15 is 0 Å². The minimum Gasteiger partial charge on any atom is -0.497 e. The molecule has 0 bridgehead atoms. The van der Waals surface area contributed by atoms with Crippen LogP contribution in [0.5, 0.6) is 5.75 Å². The molecular formula is C17H24N2OS. The molecule has 0 amide bonds. The largest absolute Gasteiger partial charge is 0.497 e. The molecule has 0 aliphatic rings. The van der Waals surface area contributed by atoms with E-state index < -0.39 is 0 Å². The van der Waals surface area contributed by atoms with Gasteiger partial charge in [-0.15, -0.1) is 11.3 Å². The average molecular weight is 304 g/mol. The number of thiazole rings is 1. The van der Waals surface area contributed by atoms with Crippen molar-refractivity contribution in [2.24, 2.45) is 0 Å². The van der Waals surface area contributed by atoms with Gasteiger partial charge in [-0.3, -0.25) is 0 Å². The number of aromatic nitrogens is 1. The first-order valence-corrected chi connectivity index (χ1v) is 8.39. The van der Waals surface area contributed by atoms with Crippen LogP contribution in [-0.2, 0) is 6.42 Å². The van der Waals surface area contributed by atoms with Crippen molar-refractivity contribution in [2.75, 3.05) is 13.7 Å². The lowest BCUT2D eigenvalue weighted by atomic mass is 10.0. The Morgan fingerprint density at radius 1 is 1.29 bits per heavy atom. The second-order valence-corrected chi connectivity index (χ2v) is 6.25. The molecule has 0 saturated heterocycles. The topological polar surface area (TPSA) is 34.1 Å². The van der Waals surface area contributed by atoms with Crippen LogP contribution in [0.15, 0.2) is 29.6 Å². The lowest BCUT2D eigenvalue weighted by Crippen LogP contribution is -2.23. The second kappa shape index (κ2) is 8.15. The molecule has 2 rings (SSSR count). The monoisotopic (exact) mass is 304 g/mol. The predicted octanol–water partition coefficient (Wildman–Crippen LogP) is 4.13. The summed E-state index contributed by atoms with van der Waals surface area (Å²) >= 11 is 1.73. The van der Waals surface area contributed by atoms with Crippen LogP contribution in [0.3, 0.4) is 0 Å². The molecule has 1 atom stereocenters. The van der Waals surface area contributed by atoms with Gasteiger partial charge >= 0.3 is 0 Å². The molecule has 0 spiro atoms. The fraction of sp³-hybridized carbons (Fsp3) is 0.471. The Morgan fingerprint density at radius 2 is 2.05 bits per heavy atom. The van der Waals surface area contributed by atoms with Gasteiger partial charge < -0.3 is 10.1 Å². The van der Waals surface area contributed by atoms with Crippen molar-refractivity contribution in [2.45, 2.75) is 39.2 Å². The maximum Gasteiger partial charge on any atom is 0.118 e. The van der Waals surface area contributed by atoms with Crippen LogP contribution in [-0.4, -0.2) is 18.6 Å². The number of hydrogen-bond acceptors (Lipinski definition) is 4. The van der Waals surface area contributed by atoms with E-state index in [1.807, 2.05) is 12.1 Å². The van der Waals surface area contributed by atoms with Crippen LogP contribution >= 0.6 is 11.3 Å². The summed E-state index contributed by atoms with van der Waals surface area (Å²) in [6.45, 7) is 5.29. The van der Waals surface area contributed by atoms with E-state index in [1.54, 1.807) is 18.4 Å². The van der Waals surface area contributed by atoms with Gasteiger partial charge in [0.2, 0.25) is 0 Å². The first-order chi connectivity index (χ1) is 10.2. The summed E-state index contributed by atoms with van der Waals surface area (Å²) in [6.07, 6.45) is 3.25. The first kappa shape index (κ1) is 16.0. The number of benzene rings is 1. The average Bonchev–Trinajstić information content (AvgIpc) is 2.94. The number of rotatable bonds is 8. The summed E-state index contributed by atoms with van der Waals surface area (Å²) in [5, 5.41) is 6.93. The van der Waals surface area contributed by atoms with Crippen LogP contribution < -0.4 is 10.1 Å². The fourth-order valence-corrected chi connectivity index (χ4v) is 2.98. The van der Waals surface area contributed by atoms with Crippen molar-refractivity contribution in [3.63, 3.8) is 0 Å². The van der Waals surface area contributed by atoms with E-state index in [0.717, 1.165) is 36.6 Å². The lowest BCUT2D eigenvalue weighted by Gasteiger charge is -2.16. The molecule has 1 unspecified atom stereocenters. The van der Waals surface area contributed by atoms with E-state index in [2.05, 4.69) is 41.7 Å². The van der Waals surface area contributed by atoms with E-state index in [0.29, 0.717) is 6.04 Å². The highest BCUT2D eigenvalue weighted by Gasteiger charge is 2.13. The number of methoxy groups -OCH3 is 1. The summed E-state index contributed by atoms with van der Waals surface area (Å²) in [6, 6.07) is 8.68. The van der Waals surface area contributed by atoms with E-state index in [1.165, 1.54) is 11.3 Å². The van der Waals surface area contributed by atoms with Gasteiger partial charge in [0, 0.05) is 5.38 Å². The number of ether oxygens (including phenoxy) is 1. The maximum atomic E-state index is 5.20. The van der Waals surface area contributed by atoms with Crippen LogP contribution in [0.1, 0.15) is 42.1 Å². The third-order valence-corrected chi connectivity index (χ3v) is 4.31. The summed E-state index contributed by atoms with van der Waals surface area (Å²) in [7, 11) is 1.70. The fourth-order valence-electron chi connectivity index (χ4n) is 2.32. The zero-order chi connectivity index (χ0) is 15.1. The van der Waals surface area contributed by atoms with Crippen molar-refractivity contribution in [3.05, 3.63) is 45.9 Å². The number of aryl methyl sites for hydroxylation is 2. The zero-order valence-corrected chi connectivity index (χ0v) is 13.9. The molecule has 114 valence electrons. The summed E-state index contributed by atoms with van der Waals surface area (Å²) in [5.74, 6) is 0.912. The Morgan fingerprint density at radius 3 is 2.62 bits per heavy atom. The number of nitrogens with zero attached hydrogens (tertiary/aromatic N) is 1. The highest BCUT2D eigenvalue weighted by atomic mass is 32.1. The smallest absolute Gasteiger partial charge is 0.118 e. The standard InChI is InChI=1S/C17H24N2OS/c1-4-11-18-16(17-12-21-13(2)19-17)10-7-14-5-8-15(20-3)9-6-14/h5-6,8-9,12,16,18H,4,7,10-11H2,1-3H3. The van der Waals surface area contributed by atoms with Gasteiger partial charge in [0.15, 0.2) is 0 Å². The molecule has 0 saturated carbocycles. The van der Waals surface area contributed by atoms with Crippen molar-refractivity contribution < 1.29 is 4.74 Å². The van der Waals surface area contributed by atoms with Gasteiger partial charge in [-0.2, -0.15) is 0 Å².